The summed E-state index contributed by atoms with van der Waals surface area (Å²) in [6, 6.07) is 15.0. The van der Waals surface area contributed by atoms with E-state index in [1.54, 1.807) is 12.1 Å². The lowest BCUT2D eigenvalue weighted by molar-refractivity contribution is -0.384. The van der Waals surface area contributed by atoms with Crippen LogP contribution in [-0.2, 0) is 6.42 Å². The van der Waals surface area contributed by atoms with E-state index in [1.807, 2.05) is 43.3 Å². The maximum absolute atomic E-state index is 10.7. The predicted octanol–water partition coefficient (Wildman–Crippen LogP) is 3.85. The maximum Gasteiger partial charge on any atom is 0.269 e. The van der Waals surface area contributed by atoms with Crippen LogP contribution in [0.25, 0.3) is 0 Å². The van der Waals surface area contributed by atoms with Gasteiger partial charge in [-0.3, -0.25) is 15.0 Å². The summed E-state index contributed by atoms with van der Waals surface area (Å²) in [4.78, 5) is 12.5. The first-order chi connectivity index (χ1) is 11.5. The second kappa shape index (κ2) is 8.45. The Morgan fingerprint density at radius 2 is 1.83 bits per heavy atom. The van der Waals surface area contributed by atoms with E-state index in [0.717, 1.165) is 29.8 Å². The van der Waals surface area contributed by atoms with Crippen molar-refractivity contribution in [3.05, 3.63) is 69.8 Å². The lowest BCUT2D eigenvalue weighted by Gasteiger charge is -2.25. The molecule has 0 bridgehead atoms. The van der Waals surface area contributed by atoms with Gasteiger partial charge >= 0.3 is 0 Å². The number of aryl methyl sites for hydroxylation is 1. The highest BCUT2D eigenvalue weighted by atomic mass is 16.6. The number of benzene rings is 2. The second-order valence-corrected chi connectivity index (χ2v) is 6.08. The Bertz CT molecular complexity index is 671. The molecule has 0 amide bonds. The van der Waals surface area contributed by atoms with Crippen molar-refractivity contribution in [2.45, 2.75) is 26.3 Å². The first-order valence-corrected chi connectivity index (χ1v) is 8.09. The van der Waals surface area contributed by atoms with Gasteiger partial charge in [-0.05, 0) is 44.5 Å². The number of nitro groups is 1. The molecule has 2 aromatic carbocycles. The fraction of sp³-hybridized carbons (Fsp3) is 0.368. The maximum atomic E-state index is 10.7. The minimum absolute atomic E-state index is 0.132. The van der Waals surface area contributed by atoms with Crippen LogP contribution < -0.4 is 4.74 Å². The highest BCUT2D eigenvalue weighted by Gasteiger charge is 2.11. The van der Waals surface area contributed by atoms with Crippen molar-refractivity contribution in [1.82, 2.24) is 4.90 Å². The van der Waals surface area contributed by atoms with Gasteiger partial charge in [0.1, 0.15) is 12.4 Å². The summed E-state index contributed by atoms with van der Waals surface area (Å²) < 4.78 is 5.90. The predicted molar refractivity (Wildman–Crippen MR) is 95.6 cm³/mol. The Morgan fingerprint density at radius 1 is 1.17 bits per heavy atom. The molecule has 1 unspecified atom stereocenters. The van der Waals surface area contributed by atoms with Gasteiger partial charge in [0.25, 0.3) is 5.69 Å². The lowest BCUT2D eigenvalue weighted by Crippen LogP contribution is -2.35. The second-order valence-electron chi connectivity index (χ2n) is 6.08. The molecule has 0 aliphatic heterocycles. The molecule has 128 valence electrons. The number of hydrogen-bond acceptors (Lipinski definition) is 4. The summed E-state index contributed by atoms with van der Waals surface area (Å²) in [7, 11) is 2.07. The van der Waals surface area contributed by atoms with Gasteiger partial charge in [-0.2, -0.15) is 0 Å². The molecular weight excluding hydrogens is 304 g/mol. The van der Waals surface area contributed by atoms with Crippen LogP contribution in [0, 0.1) is 17.0 Å². The zero-order valence-corrected chi connectivity index (χ0v) is 14.4. The monoisotopic (exact) mass is 328 g/mol. The summed E-state index contributed by atoms with van der Waals surface area (Å²) in [5.41, 5.74) is 2.37. The molecule has 0 saturated carbocycles. The number of nitro benzene ring substituents is 1. The molecule has 0 heterocycles. The molecule has 0 aromatic heterocycles. The topological polar surface area (TPSA) is 55.6 Å². The Balaban J connectivity index is 1.80. The van der Waals surface area contributed by atoms with E-state index in [0.29, 0.717) is 6.61 Å². The van der Waals surface area contributed by atoms with Gasteiger partial charge in [0.15, 0.2) is 0 Å². The quantitative estimate of drug-likeness (QED) is 0.545. The van der Waals surface area contributed by atoms with E-state index in [1.165, 1.54) is 0 Å². The molecule has 1 atom stereocenters. The van der Waals surface area contributed by atoms with Crippen molar-refractivity contribution in [1.29, 1.82) is 0 Å². The van der Waals surface area contributed by atoms with E-state index < -0.39 is 0 Å². The molecular formula is C19H24N2O3. The van der Waals surface area contributed by atoms with Gasteiger partial charge in [0, 0.05) is 24.7 Å². The van der Waals surface area contributed by atoms with E-state index in [4.69, 9.17) is 4.74 Å². The molecule has 0 aliphatic carbocycles. The van der Waals surface area contributed by atoms with Crippen molar-refractivity contribution in [3.8, 4) is 5.75 Å². The molecule has 5 nitrogen and oxygen atoms in total. The summed E-state index contributed by atoms with van der Waals surface area (Å²) in [6.45, 7) is 5.67. The standard InChI is InChI=1S/C19H24N2O3/c1-15-6-4-5-7-19(15)24-14-16(2)20(3)13-12-17-8-10-18(11-9-17)21(22)23/h4-11,16H,12-14H2,1-3H3. The van der Waals surface area contributed by atoms with Gasteiger partial charge in [-0.25, -0.2) is 0 Å². The molecule has 0 N–H and O–H groups in total. The molecule has 0 saturated heterocycles. The largest absolute Gasteiger partial charge is 0.492 e. The molecule has 0 fully saturated rings. The van der Waals surface area contributed by atoms with Crippen LogP contribution in [0.2, 0.25) is 0 Å². The van der Waals surface area contributed by atoms with E-state index in [2.05, 4.69) is 18.9 Å². The molecule has 2 rings (SSSR count). The van der Waals surface area contributed by atoms with Crippen molar-refractivity contribution in [2.24, 2.45) is 0 Å². The third-order valence-electron chi connectivity index (χ3n) is 4.23. The molecule has 5 heteroatoms. The van der Waals surface area contributed by atoms with Gasteiger partial charge in [0.05, 0.1) is 4.92 Å². The van der Waals surface area contributed by atoms with Crippen molar-refractivity contribution in [2.75, 3.05) is 20.2 Å². The number of hydrogen-bond donors (Lipinski definition) is 0. The van der Waals surface area contributed by atoms with Gasteiger partial charge < -0.3 is 4.74 Å². The van der Waals surface area contributed by atoms with Crippen LogP contribution in [0.4, 0.5) is 5.69 Å². The van der Waals surface area contributed by atoms with Gasteiger partial charge in [-0.15, -0.1) is 0 Å². The van der Waals surface area contributed by atoms with Crippen molar-refractivity contribution < 1.29 is 9.66 Å². The van der Waals surface area contributed by atoms with Crippen LogP contribution in [0.3, 0.4) is 0 Å². The van der Waals surface area contributed by atoms with Gasteiger partial charge in [0.2, 0.25) is 0 Å². The zero-order chi connectivity index (χ0) is 17.5. The minimum atomic E-state index is -0.374. The molecule has 2 aromatic rings. The van der Waals surface area contributed by atoms with Crippen molar-refractivity contribution >= 4 is 5.69 Å². The highest BCUT2D eigenvalue weighted by molar-refractivity contribution is 5.33. The zero-order valence-electron chi connectivity index (χ0n) is 14.4. The fourth-order valence-electron chi connectivity index (χ4n) is 2.37. The summed E-state index contributed by atoms with van der Waals surface area (Å²) in [6.07, 6.45) is 0.850. The van der Waals surface area contributed by atoms with Crippen LogP contribution in [0.1, 0.15) is 18.1 Å². The minimum Gasteiger partial charge on any atom is -0.492 e. The number of likely N-dealkylation sites (N-methyl/N-ethyl adjacent to an activating group) is 1. The summed E-state index contributed by atoms with van der Waals surface area (Å²) in [5.74, 6) is 0.924. The average molecular weight is 328 g/mol. The third kappa shape index (κ3) is 5.06. The third-order valence-corrected chi connectivity index (χ3v) is 4.23. The van der Waals surface area contributed by atoms with Gasteiger partial charge in [-0.1, -0.05) is 30.3 Å². The highest BCUT2D eigenvalue weighted by Crippen LogP contribution is 2.17. The normalized spacial score (nSPS) is 12.2. The van der Waals surface area contributed by atoms with Crippen LogP contribution in [-0.4, -0.2) is 36.1 Å². The fourth-order valence-corrected chi connectivity index (χ4v) is 2.37. The lowest BCUT2D eigenvalue weighted by atomic mass is 10.1. The molecule has 24 heavy (non-hydrogen) atoms. The Kier molecular flexibility index (Phi) is 6.32. The smallest absolute Gasteiger partial charge is 0.269 e. The number of para-hydroxylation sites is 1. The SMILES string of the molecule is Cc1ccccc1OCC(C)N(C)CCc1ccc([N+](=O)[O-])cc1. The van der Waals surface area contributed by atoms with E-state index in [9.17, 15) is 10.1 Å². The molecule has 0 aliphatic rings. The van der Waals surface area contributed by atoms with E-state index >= 15 is 0 Å². The first kappa shape index (κ1) is 17.9. The molecule has 0 radical (unpaired) electrons. The van der Waals surface area contributed by atoms with Crippen LogP contribution >= 0.6 is 0 Å². The summed E-state index contributed by atoms with van der Waals surface area (Å²) >= 11 is 0. The first-order valence-electron chi connectivity index (χ1n) is 8.09. The number of nitrogens with zero attached hydrogens (tertiary/aromatic N) is 2. The van der Waals surface area contributed by atoms with Crippen LogP contribution in [0.5, 0.6) is 5.75 Å². The number of non-ortho nitro benzene ring substituents is 1. The van der Waals surface area contributed by atoms with Crippen molar-refractivity contribution in [3.63, 3.8) is 0 Å². The molecule has 0 spiro atoms. The number of rotatable bonds is 8. The number of ether oxygens (including phenoxy) is 1. The summed E-state index contributed by atoms with van der Waals surface area (Å²) in [5, 5.41) is 10.7. The van der Waals surface area contributed by atoms with E-state index in [-0.39, 0.29) is 16.7 Å². The Labute approximate surface area is 143 Å². The Hall–Kier alpha value is -2.40. The van der Waals surface area contributed by atoms with Crippen LogP contribution in [0.15, 0.2) is 48.5 Å². The Morgan fingerprint density at radius 3 is 2.46 bits per heavy atom. The average Bonchev–Trinajstić information content (AvgIpc) is 2.59.